The molecule has 8 heteroatoms. The molecule has 0 aromatic carbocycles. The summed E-state index contributed by atoms with van der Waals surface area (Å²) in [5.41, 5.74) is 1.07. The van der Waals surface area contributed by atoms with Crippen LogP contribution >= 0.6 is 22.6 Å². The van der Waals surface area contributed by atoms with E-state index >= 15 is 0 Å². The van der Waals surface area contributed by atoms with Gasteiger partial charge in [0.25, 0.3) is 0 Å². The van der Waals surface area contributed by atoms with Gasteiger partial charge < -0.3 is 15.0 Å². The number of alkyl halides is 1. The zero-order valence-electron chi connectivity index (χ0n) is 14.2. The van der Waals surface area contributed by atoms with E-state index in [4.69, 9.17) is 10.00 Å². The maximum atomic E-state index is 12.4. The number of hydrogen-bond donors (Lipinski definition) is 1. The summed E-state index contributed by atoms with van der Waals surface area (Å²) in [6.07, 6.45) is 7.01. The first-order valence-electron chi connectivity index (χ1n) is 8.47. The quantitative estimate of drug-likeness (QED) is 0.325. The first kappa shape index (κ1) is 18.2. The van der Waals surface area contributed by atoms with Crippen LogP contribution < -0.4 is 10.2 Å². The van der Waals surface area contributed by atoms with Crippen molar-refractivity contribution in [3.8, 4) is 6.19 Å². The number of ether oxygens (including phenoxy) is 1. The fraction of sp³-hybridized carbons (Fsp3) is 0.588. The molecule has 25 heavy (non-hydrogen) atoms. The Hall–Kier alpha value is -1.60. The van der Waals surface area contributed by atoms with Crippen LogP contribution in [0.15, 0.2) is 18.3 Å². The molecule has 3 heterocycles. The zero-order chi connectivity index (χ0) is 17.8. The van der Waals surface area contributed by atoms with Gasteiger partial charge in [0.05, 0.1) is 23.9 Å². The van der Waals surface area contributed by atoms with E-state index in [-0.39, 0.29) is 15.9 Å². The van der Waals surface area contributed by atoms with Crippen molar-refractivity contribution < 1.29 is 9.53 Å². The molecule has 3 rings (SSSR count). The SMILES string of the molecule is COC1CCN(c2ccc(NC(=O)C3CCN(C#N)C3I)nc2)CC1. The van der Waals surface area contributed by atoms with Crippen LogP contribution in [-0.4, -0.2) is 52.7 Å². The Labute approximate surface area is 161 Å². The molecule has 0 aliphatic carbocycles. The largest absolute Gasteiger partial charge is 0.381 e. The molecule has 0 spiro atoms. The van der Waals surface area contributed by atoms with E-state index in [1.807, 2.05) is 12.1 Å². The van der Waals surface area contributed by atoms with Crippen molar-refractivity contribution in [1.29, 1.82) is 5.26 Å². The third kappa shape index (κ3) is 4.15. The van der Waals surface area contributed by atoms with Gasteiger partial charge in [0.15, 0.2) is 6.19 Å². The van der Waals surface area contributed by atoms with E-state index in [9.17, 15) is 4.79 Å². The Bertz CT molecular complexity index is 639. The summed E-state index contributed by atoms with van der Waals surface area (Å²) in [5, 5.41) is 11.9. The van der Waals surface area contributed by atoms with Crippen molar-refractivity contribution in [1.82, 2.24) is 9.88 Å². The molecular formula is C17H22IN5O2. The Kier molecular flexibility index (Phi) is 5.96. The van der Waals surface area contributed by atoms with Crippen LogP contribution in [0.4, 0.5) is 11.5 Å². The molecule has 2 fully saturated rings. The van der Waals surface area contributed by atoms with E-state index in [0.29, 0.717) is 24.9 Å². The van der Waals surface area contributed by atoms with E-state index in [2.05, 4.69) is 44.0 Å². The van der Waals surface area contributed by atoms with Gasteiger partial charge in [0.2, 0.25) is 5.91 Å². The average molecular weight is 455 g/mol. The summed E-state index contributed by atoms with van der Waals surface area (Å²) in [4.78, 5) is 20.7. The maximum Gasteiger partial charge on any atom is 0.231 e. The number of methoxy groups -OCH3 is 1. The molecule has 1 aromatic rings. The molecule has 0 radical (unpaired) electrons. The molecule has 134 valence electrons. The fourth-order valence-corrected chi connectivity index (χ4v) is 4.42. The van der Waals surface area contributed by atoms with Gasteiger partial charge in [-0.1, -0.05) is 22.6 Å². The number of nitriles is 1. The van der Waals surface area contributed by atoms with Gasteiger partial charge in [-0.2, -0.15) is 5.26 Å². The number of anilines is 2. The van der Waals surface area contributed by atoms with E-state index in [1.54, 1.807) is 18.2 Å². The number of carbonyl (C=O) groups is 1. The lowest BCUT2D eigenvalue weighted by atomic mass is 10.1. The number of piperidine rings is 1. The van der Waals surface area contributed by atoms with Gasteiger partial charge >= 0.3 is 0 Å². The minimum atomic E-state index is -0.185. The first-order chi connectivity index (χ1) is 12.1. The minimum Gasteiger partial charge on any atom is -0.381 e. The zero-order valence-corrected chi connectivity index (χ0v) is 16.3. The Balaban J connectivity index is 1.56. The first-order valence-corrected chi connectivity index (χ1v) is 9.72. The second-order valence-electron chi connectivity index (χ2n) is 6.37. The standard InChI is InChI=1S/C17H22IN5O2/c1-25-13-4-7-22(8-5-13)12-2-3-15(20-10-12)21-17(24)14-6-9-23(11-19)16(14)18/h2-3,10,13-14,16H,4-9H2,1H3,(H,20,21,24). The number of nitrogens with one attached hydrogen (secondary N) is 1. The van der Waals surface area contributed by atoms with Crippen molar-refractivity contribution in [2.45, 2.75) is 29.4 Å². The summed E-state index contributed by atoms with van der Waals surface area (Å²) < 4.78 is 5.30. The molecule has 1 amide bonds. The number of pyridine rings is 1. The van der Waals surface area contributed by atoms with Crippen molar-refractivity contribution in [2.24, 2.45) is 5.92 Å². The lowest BCUT2D eigenvalue weighted by Crippen LogP contribution is -2.36. The molecule has 1 N–H and O–H groups in total. The van der Waals surface area contributed by atoms with Crippen molar-refractivity contribution in [3.63, 3.8) is 0 Å². The predicted octanol–water partition coefficient (Wildman–Crippen LogP) is 2.20. The normalized spacial score (nSPS) is 24.2. The van der Waals surface area contributed by atoms with Crippen LogP contribution in [0.3, 0.4) is 0 Å². The Morgan fingerprint density at radius 2 is 2.12 bits per heavy atom. The van der Waals surface area contributed by atoms with Gasteiger partial charge in [0.1, 0.15) is 9.87 Å². The topological polar surface area (TPSA) is 81.5 Å². The third-order valence-corrected chi connectivity index (χ3v) is 6.46. The lowest BCUT2D eigenvalue weighted by Gasteiger charge is -2.32. The third-order valence-electron chi connectivity index (χ3n) is 4.92. The average Bonchev–Trinajstić information content (AvgIpc) is 3.03. The fourth-order valence-electron chi connectivity index (χ4n) is 3.33. The number of hydrogen-bond acceptors (Lipinski definition) is 6. The Morgan fingerprint density at radius 3 is 2.68 bits per heavy atom. The molecule has 2 unspecified atom stereocenters. The van der Waals surface area contributed by atoms with Gasteiger partial charge in [-0.05, 0) is 31.4 Å². The number of aromatic nitrogens is 1. The summed E-state index contributed by atoms with van der Waals surface area (Å²) in [6.45, 7) is 2.54. The number of halogens is 1. The molecule has 2 aliphatic heterocycles. The van der Waals surface area contributed by atoms with Crippen molar-refractivity contribution in [2.75, 3.05) is 37.0 Å². The van der Waals surface area contributed by atoms with E-state index in [0.717, 1.165) is 31.6 Å². The molecule has 0 saturated carbocycles. The van der Waals surface area contributed by atoms with Crippen LogP contribution in [-0.2, 0) is 9.53 Å². The number of amides is 1. The maximum absolute atomic E-state index is 12.4. The molecule has 2 atom stereocenters. The summed E-state index contributed by atoms with van der Waals surface area (Å²) in [5.74, 6) is 0.299. The predicted molar refractivity (Wildman–Crippen MR) is 103 cm³/mol. The Morgan fingerprint density at radius 1 is 1.36 bits per heavy atom. The van der Waals surface area contributed by atoms with Crippen LogP contribution in [0.2, 0.25) is 0 Å². The highest BCUT2D eigenvalue weighted by Gasteiger charge is 2.36. The van der Waals surface area contributed by atoms with Crippen LogP contribution in [0.25, 0.3) is 0 Å². The number of carbonyl (C=O) groups excluding carboxylic acids is 1. The van der Waals surface area contributed by atoms with Crippen LogP contribution in [0.5, 0.6) is 0 Å². The summed E-state index contributed by atoms with van der Waals surface area (Å²) in [7, 11) is 1.76. The van der Waals surface area contributed by atoms with Crippen molar-refractivity contribution >= 4 is 40.0 Å². The van der Waals surface area contributed by atoms with Gasteiger partial charge in [-0.25, -0.2) is 4.98 Å². The van der Waals surface area contributed by atoms with Gasteiger partial charge in [-0.15, -0.1) is 0 Å². The summed E-state index contributed by atoms with van der Waals surface area (Å²) in [6, 6.07) is 3.84. The smallest absolute Gasteiger partial charge is 0.231 e. The number of likely N-dealkylation sites (tertiary alicyclic amines) is 1. The highest BCUT2D eigenvalue weighted by Crippen LogP contribution is 2.29. The number of nitrogens with zero attached hydrogens (tertiary/aromatic N) is 4. The second-order valence-corrected chi connectivity index (χ2v) is 7.65. The molecule has 7 nitrogen and oxygen atoms in total. The van der Waals surface area contributed by atoms with E-state index in [1.165, 1.54) is 0 Å². The van der Waals surface area contributed by atoms with Crippen molar-refractivity contribution in [3.05, 3.63) is 18.3 Å². The minimum absolute atomic E-state index is 0.0710. The molecule has 0 bridgehead atoms. The highest BCUT2D eigenvalue weighted by molar-refractivity contribution is 14.1. The van der Waals surface area contributed by atoms with E-state index < -0.39 is 0 Å². The molecule has 2 saturated heterocycles. The second kappa shape index (κ2) is 8.19. The van der Waals surface area contributed by atoms with Crippen LogP contribution in [0.1, 0.15) is 19.3 Å². The molecule has 1 aromatic heterocycles. The van der Waals surface area contributed by atoms with Gasteiger partial charge in [-0.3, -0.25) is 9.69 Å². The highest BCUT2D eigenvalue weighted by atomic mass is 127. The van der Waals surface area contributed by atoms with Crippen LogP contribution in [0, 0.1) is 17.4 Å². The monoisotopic (exact) mass is 455 g/mol. The van der Waals surface area contributed by atoms with Gasteiger partial charge in [0, 0.05) is 26.7 Å². The molecular weight excluding hydrogens is 433 g/mol. The summed E-state index contributed by atoms with van der Waals surface area (Å²) >= 11 is 2.16. The number of rotatable bonds is 4. The lowest BCUT2D eigenvalue weighted by molar-refractivity contribution is -0.119. The molecule has 2 aliphatic rings.